The molecule has 4 rings (SSSR count). The van der Waals surface area contributed by atoms with Crippen LogP contribution in [0.2, 0.25) is 0 Å². The largest absolute Gasteiger partial charge is 0.294 e. The molecule has 0 saturated heterocycles. The van der Waals surface area contributed by atoms with Crippen molar-refractivity contribution in [2.45, 2.75) is 13.5 Å². The monoisotopic (exact) mass is 334 g/mol. The van der Waals surface area contributed by atoms with Crippen LogP contribution in [-0.2, 0) is 6.54 Å². The summed E-state index contributed by atoms with van der Waals surface area (Å²) >= 11 is 0. The van der Waals surface area contributed by atoms with Gasteiger partial charge in [-0.05, 0) is 25.1 Å². The van der Waals surface area contributed by atoms with E-state index in [0.717, 1.165) is 11.3 Å². The molecule has 0 saturated carbocycles. The van der Waals surface area contributed by atoms with Crippen molar-refractivity contribution < 1.29 is 4.39 Å². The first-order valence-corrected chi connectivity index (χ1v) is 7.87. The van der Waals surface area contributed by atoms with E-state index < -0.39 is 0 Å². The Kier molecular flexibility index (Phi) is 3.65. The minimum atomic E-state index is -0.343. The first kappa shape index (κ1) is 15.3. The van der Waals surface area contributed by atoms with E-state index in [0.29, 0.717) is 16.6 Å². The van der Waals surface area contributed by atoms with Crippen LogP contribution in [0.3, 0.4) is 0 Å². The lowest BCUT2D eigenvalue weighted by molar-refractivity contribution is 0.595. The van der Waals surface area contributed by atoms with Gasteiger partial charge in [0.05, 0.1) is 18.4 Å². The van der Waals surface area contributed by atoms with Gasteiger partial charge >= 0.3 is 0 Å². The number of hydrogen-bond donors (Lipinski definition) is 0. The number of aryl methyl sites for hydroxylation is 1. The van der Waals surface area contributed by atoms with E-state index in [-0.39, 0.29) is 17.9 Å². The molecule has 0 bridgehead atoms. The lowest BCUT2D eigenvalue weighted by Crippen LogP contribution is -2.21. The van der Waals surface area contributed by atoms with Gasteiger partial charge in [-0.3, -0.25) is 9.36 Å². The van der Waals surface area contributed by atoms with E-state index in [1.165, 1.54) is 23.2 Å². The Balaban J connectivity index is 1.78. The second kappa shape index (κ2) is 5.98. The first-order valence-electron chi connectivity index (χ1n) is 7.87. The van der Waals surface area contributed by atoms with Crippen LogP contribution in [0.1, 0.15) is 11.1 Å². The molecule has 0 aliphatic carbocycles. The average molecular weight is 334 g/mol. The van der Waals surface area contributed by atoms with Crippen molar-refractivity contribution in [2.24, 2.45) is 0 Å². The van der Waals surface area contributed by atoms with E-state index in [1.807, 2.05) is 31.2 Å². The number of fused-ring (bicyclic) bond motifs is 1. The molecule has 25 heavy (non-hydrogen) atoms. The zero-order valence-corrected chi connectivity index (χ0v) is 13.6. The Morgan fingerprint density at radius 1 is 1.08 bits per heavy atom. The van der Waals surface area contributed by atoms with E-state index in [4.69, 9.17) is 0 Å². The third-order valence-electron chi connectivity index (χ3n) is 4.13. The summed E-state index contributed by atoms with van der Waals surface area (Å²) in [5.74, 6) is -0.343. The molecule has 0 radical (unpaired) electrons. The molecule has 2 aromatic carbocycles. The van der Waals surface area contributed by atoms with Gasteiger partial charge < -0.3 is 0 Å². The van der Waals surface area contributed by atoms with Crippen LogP contribution in [0.15, 0.2) is 65.8 Å². The maximum atomic E-state index is 13.8. The van der Waals surface area contributed by atoms with Gasteiger partial charge in [0.1, 0.15) is 17.5 Å². The standard InChI is InChI=1S/C19H15FN4O/c1-13-6-8-15(9-7-13)24-18-16(10-22-24)19(25)23(12-21-18)11-14-4-2-3-5-17(14)20/h2-10,12H,11H2,1H3. The number of rotatable bonds is 3. The number of aromatic nitrogens is 4. The molecule has 0 aliphatic rings. The first-order chi connectivity index (χ1) is 12.1. The Labute approximate surface area is 143 Å². The molecule has 0 amide bonds. The van der Waals surface area contributed by atoms with Crippen molar-refractivity contribution in [2.75, 3.05) is 0 Å². The van der Waals surface area contributed by atoms with Gasteiger partial charge in [-0.25, -0.2) is 14.1 Å². The minimum absolute atomic E-state index is 0.129. The molecule has 2 heterocycles. The van der Waals surface area contributed by atoms with Gasteiger partial charge in [0, 0.05) is 5.56 Å². The van der Waals surface area contributed by atoms with Crippen LogP contribution in [0.25, 0.3) is 16.7 Å². The van der Waals surface area contributed by atoms with Gasteiger partial charge in [-0.15, -0.1) is 0 Å². The smallest absolute Gasteiger partial charge is 0.264 e. The summed E-state index contributed by atoms with van der Waals surface area (Å²) in [6, 6.07) is 14.2. The third-order valence-corrected chi connectivity index (χ3v) is 4.13. The topological polar surface area (TPSA) is 52.7 Å². The molecular weight excluding hydrogens is 319 g/mol. The Bertz CT molecular complexity index is 1110. The van der Waals surface area contributed by atoms with Crippen molar-refractivity contribution in [3.8, 4) is 5.69 Å². The van der Waals surface area contributed by atoms with Crippen molar-refractivity contribution in [1.82, 2.24) is 19.3 Å². The van der Waals surface area contributed by atoms with Crippen LogP contribution in [-0.4, -0.2) is 19.3 Å². The van der Waals surface area contributed by atoms with Crippen LogP contribution < -0.4 is 5.56 Å². The quantitative estimate of drug-likeness (QED) is 0.578. The summed E-state index contributed by atoms with van der Waals surface area (Å²) in [5.41, 5.74) is 2.65. The predicted octanol–water partition coefficient (Wildman–Crippen LogP) is 3.08. The molecule has 0 aliphatic heterocycles. The molecule has 0 unspecified atom stereocenters. The predicted molar refractivity (Wildman–Crippen MR) is 93.4 cm³/mol. The fourth-order valence-corrected chi connectivity index (χ4v) is 2.75. The summed E-state index contributed by atoms with van der Waals surface area (Å²) < 4.78 is 16.8. The summed E-state index contributed by atoms with van der Waals surface area (Å²) in [5, 5.41) is 4.69. The van der Waals surface area contributed by atoms with Crippen molar-refractivity contribution in [1.29, 1.82) is 0 Å². The van der Waals surface area contributed by atoms with E-state index >= 15 is 0 Å². The van der Waals surface area contributed by atoms with Gasteiger partial charge in [0.2, 0.25) is 0 Å². The molecule has 0 N–H and O–H groups in total. The normalized spacial score (nSPS) is 11.1. The summed E-state index contributed by atoms with van der Waals surface area (Å²) in [6.45, 7) is 2.13. The fourth-order valence-electron chi connectivity index (χ4n) is 2.75. The highest BCUT2D eigenvalue weighted by Crippen LogP contribution is 2.15. The highest BCUT2D eigenvalue weighted by Gasteiger charge is 2.12. The van der Waals surface area contributed by atoms with Crippen molar-refractivity contribution in [3.63, 3.8) is 0 Å². The SMILES string of the molecule is Cc1ccc(-n2ncc3c(=O)n(Cc4ccccc4F)cnc32)cc1. The Morgan fingerprint density at radius 2 is 1.84 bits per heavy atom. The maximum absolute atomic E-state index is 13.8. The van der Waals surface area contributed by atoms with E-state index in [9.17, 15) is 9.18 Å². The van der Waals surface area contributed by atoms with Gasteiger partial charge in [0.15, 0.2) is 5.65 Å². The summed E-state index contributed by atoms with van der Waals surface area (Å²) in [6.07, 6.45) is 2.94. The third kappa shape index (κ3) is 2.71. The van der Waals surface area contributed by atoms with E-state index in [2.05, 4.69) is 10.1 Å². The fraction of sp³-hybridized carbons (Fsp3) is 0.105. The summed E-state index contributed by atoms with van der Waals surface area (Å²) in [4.78, 5) is 17.1. The Morgan fingerprint density at radius 3 is 2.60 bits per heavy atom. The number of hydrogen-bond acceptors (Lipinski definition) is 3. The molecule has 4 aromatic rings. The molecule has 6 heteroatoms. The molecule has 5 nitrogen and oxygen atoms in total. The van der Waals surface area contributed by atoms with Gasteiger partial charge in [-0.2, -0.15) is 5.10 Å². The highest BCUT2D eigenvalue weighted by molar-refractivity contribution is 5.74. The maximum Gasteiger partial charge on any atom is 0.264 e. The number of halogens is 1. The van der Waals surface area contributed by atoms with Crippen LogP contribution in [0, 0.1) is 12.7 Å². The summed E-state index contributed by atoms with van der Waals surface area (Å²) in [7, 11) is 0. The molecule has 124 valence electrons. The lowest BCUT2D eigenvalue weighted by Gasteiger charge is -2.07. The van der Waals surface area contributed by atoms with Crippen LogP contribution in [0.5, 0.6) is 0 Å². The minimum Gasteiger partial charge on any atom is -0.294 e. The zero-order chi connectivity index (χ0) is 17.4. The average Bonchev–Trinajstić information content (AvgIpc) is 3.05. The molecule has 0 spiro atoms. The second-order valence-electron chi connectivity index (χ2n) is 5.90. The van der Waals surface area contributed by atoms with Crippen LogP contribution in [0.4, 0.5) is 4.39 Å². The van der Waals surface area contributed by atoms with E-state index in [1.54, 1.807) is 22.9 Å². The van der Waals surface area contributed by atoms with Crippen LogP contribution >= 0.6 is 0 Å². The molecular formula is C19H15FN4O. The number of nitrogens with zero attached hydrogens (tertiary/aromatic N) is 4. The molecule has 2 aromatic heterocycles. The highest BCUT2D eigenvalue weighted by atomic mass is 19.1. The van der Waals surface area contributed by atoms with Gasteiger partial charge in [0.25, 0.3) is 5.56 Å². The Hall–Kier alpha value is -3.28. The van der Waals surface area contributed by atoms with Crippen molar-refractivity contribution in [3.05, 3.63) is 88.4 Å². The number of benzene rings is 2. The van der Waals surface area contributed by atoms with Gasteiger partial charge in [-0.1, -0.05) is 35.9 Å². The molecule has 0 fully saturated rings. The zero-order valence-electron chi connectivity index (χ0n) is 13.6. The van der Waals surface area contributed by atoms with Crippen molar-refractivity contribution >= 4 is 11.0 Å². The lowest BCUT2D eigenvalue weighted by atomic mass is 10.2. The molecule has 0 atom stereocenters. The second-order valence-corrected chi connectivity index (χ2v) is 5.90.